The number of hydrogen-bond donors (Lipinski definition) is 2. The molecule has 1 heterocycles. The summed E-state index contributed by atoms with van der Waals surface area (Å²) in [5.41, 5.74) is 5.35. The Morgan fingerprint density at radius 1 is 1.53 bits per heavy atom. The highest BCUT2D eigenvalue weighted by Gasteiger charge is 2.12. The van der Waals surface area contributed by atoms with Gasteiger partial charge in [0.2, 0.25) is 10.0 Å². The number of rotatable bonds is 4. The van der Waals surface area contributed by atoms with Crippen molar-refractivity contribution in [2.45, 2.75) is 4.90 Å². The number of hydrogen-bond acceptors (Lipinski definition) is 5. The van der Waals surface area contributed by atoms with Gasteiger partial charge in [0.05, 0.1) is 0 Å². The highest BCUT2D eigenvalue weighted by molar-refractivity contribution is 7.89. The molecule has 0 saturated heterocycles. The number of sulfonamides is 1. The number of nitriles is 1. The minimum Gasteiger partial charge on any atom is -0.329 e. The lowest BCUT2D eigenvalue weighted by Crippen LogP contribution is -2.29. The van der Waals surface area contributed by atoms with Crippen molar-refractivity contribution >= 4 is 10.0 Å². The third-order valence-electron chi connectivity index (χ3n) is 1.60. The van der Waals surface area contributed by atoms with Gasteiger partial charge in [-0.3, -0.25) is 0 Å². The molecule has 0 amide bonds. The molecule has 0 spiro atoms. The SMILES string of the molecule is N#Cc1ccc(S(=O)(=O)NCCN)cn1. The van der Waals surface area contributed by atoms with Crippen LogP contribution >= 0.6 is 0 Å². The molecule has 0 radical (unpaired) electrons. The predicted molar refractivity (Wildman–Crippen MR) is 53.2 cm³/mol. The van der Waals surface area contributed by atoms with Crippen molar-refractivity contribution in [3.63, 3.8) is 0 Å². The molecular weight excluding hydrogens is 216 g/mol. The van der Waals surface area contributed by atoms with Crippen LogP contribution in [0.2, 0.25) is 0 Å². The van der Waals surface area contributed by atoms with E-state index in [-0.39, 0.29) is 23.7 Å². The van der Waals surface area contributed by atoms with Crippen molar-refractivity contribution in [1.82, 2.24) is 9.71 Å². The average molecular weight is 226 g/mol. The van der Waals surface area contributed by atoms with Crippen molar-refractivity contribution < 1.29 is 8.42 Å². The Labute approximate surface area is 87.8 Å². The van der Waals surface area contributed by atoms with Gasteiger partial charge >= 0.3 is 0 Å². The lowest BCUT2D eigenvalue weighted by Gasteiger charge is -2.04. The van der Waals surface area contributed by atoms with E-state index in [9.17, 15) is 8.42 Å². The molecule has 0 aliphatic rings. The second kappa shape index (κ2) is 4.84. The third kappa shape index (κ3) is 2.99. The van der Waals surface area contributed by atoms with Crippen LogP contribution in [0.5, 0.6) is 0 Å². The van der Waals surface area contributed by atoms with Crippen molar-refractivity contribution in [3.8, 4) is 6.07 Å². The Hall–Kier alpha value is -1.49. The van der Waals surface area contributed by atoms with Crippen molar-refractivity contribution in [2.24, 2.45) is 5.73 Å². The smallest absolute Gasteiger partial charge is 0.242 e. The van der Waals surface area contributed by atoms with Gasteiger partial charge in [-0.15, -0.1) is 0 Å². The lowest BCUT2D eigenvalue weighted by molar-refractivity contribution is 0.581. The summed E-state index contributed by atoms with van der Waals surface area (Å²) < 4.78 is 25.3. The molecule has 1 aromatic rings. The van der Waals surface area contributed by atoms with Gasteiger partial charge in [-0.1, -0.05) is 0 Å². The Morgan fingerprint density at radius 3 is 2.73 bits per heavy atom. The summed E-state index contributed by atoms with van der Waals surface area (Å²) in [6.45, 7) is 0.394. The van der Waals surface area contributed by atoms with E-state index >= 15 is 0 Å². The van der Waals surface area contributed by atoms with Gasteiger partial charge in [0.25, 0.3) is 0 Å². The maximum atomic E-state index is 11.5. The highest BCUT2D eigenvalue weighted by atomic mass is 32.2. The Morgan fingerprint density at radius 2 is 2.27 bits per heavy atom. The number of pyridine rings is 1. The predicted octanol–water partition coefficient (Wildman–Crippen LogP) is -0.810. The molecule has 0 fully saturated rings. The van der Waals surface area contributed by atoms with E-state index < -0.39 is 10.0 Å². The zero-order valence-corrected chi connectivity index (χ0v) is 8.66. The fourth-order valence-electron chi connectivity index (χ4n) is 0.882. The third-order valence-corrected chi connectivity index (χ3v) is 3.04. The minimum absolute atomic E-state index is 0.0231. The van der Waals surface area contributed by atoms with E-state index in [0.29, 0.717) is 0 Å². The first-order chi connectivity index (χ1) is 7.10. The van der Waals surface area contributed by atoms with Crippen LogP contribution in [0.1, 0.15) is 5.69 Å². The molecule has 0 aliphatic carbocycles. The number of nitrogens with zero attached hydrogens (tertiary/aromatic N) is 2. The molecule has 1 rings (SSSR count). The molecule has 1 aromatic heterocycles. The van der Waals surface area contributed by atoms with E-state index in [1.165, 1.54) is 12.1 Å². The molecule has 0 aromatic carbocycles. The molecule has 0 saturated carbocycles. The van der Waals surface area contributed by atoms with Gasteiger partial charge < -0.3 is 5.73 Å². The zero-order chi connectivity index (χ0) is 11.3. The van der Waals surface area contributed by atoms with E-state index in [4.69, 9.17) is 11.0 Å². The lowest BCUT2D eigenvalue weighted by atomic mass is 10.4. The van der Waals surface area contributed by atoms with Gasteiger partial charge in [-0.05, 0) is 12.1 Å². The normalized spacial score (nSPS) is 10.9. The molecule has 7 heteroatoms. The molecule has 6 nitrogen and oxygen atoms in total. The van der Waals surface area contributed by atoms with Crippen LogP contribution in [0.25, 0.3) is 0 Å². The summed E-state index contributed by atoms with van der Waals surface area (Å²) >= 11 is 0. The van der Waals surface area contributed by atoms with Gasteiger partial charge in [0, 0.05) is 19.3 Å². The maximum absolute atomic E-state index is 11.5. The van der Waals surface area contributed by atoms with Crippen LogP contribution < -0.4 is 10.5 Å². The monoisotopic (exact) mass is 226 g/mol. The van der Waals surface area contributed by atoms with E-state index in [0.717, 1.165) is 6.20 Å². The molecular formula is C8H10N4O2S. The number of aromatic nitrogens is 1. The van der Waals surface area contributed by atoms with Crippen LogP contribution in [0.3, 0.4) is 0 Å². The van der Waals surface area contributed by atoms with Gasteiger partial charge in [0.1, 0.15) is 16.7 Å². The van der Waals surface area contributed by atoms with E-state index in [1.54, 1.807) is 6.07 Å². The summed E-state index contributed by atoms with van der Waals surface area (Å²) in [5.74, 6) is 0. The molecule has 0 aliphatic heterocycles. The van der Waals surface area contributed by atoms with Crippen molar-refractivity contribution in [2.75, 3.05) is 13.1 Å². The van der Waals surface area contributed by atoms with Crippen LogP contribution in [-0.4, -0.2) is 26.5 Å². The van der Waals surface area contributed by atoms with E-state index in [1.807, 2.05) is 0 Å². The fourth-order valence-corrected chi connectivity index (χ4v) is 1.87. The molecule has 0 atom stereocenters. The first-order valence-electron chi connectivity index (χ1n) is 4.16. The van der Waals surface area contributed by atoms with Gasteiger partial charge in [-0.25, -0.2) is 18.1 Å². The maximum Gasteiger partial charge on any atom is 0.242 e. The number of nitrogens with one attached hydrogen (secondary N) is 1. The Bertz CT molecular complexity index is 460. The summed E-state index contributed by atoms with van der Waals surface area (Å²) in [5, 5.41) is 8.48. The Balaban J connectivity index is 2.92. The first kappa shape index (κ1) is 11.6. The van der Waals surface area contributed by atoms with Crippen molar-refractivity contribution in [1.29, 1.82) is 5.26 Å². The second-order valence-corrected chi connectivity index (χ2v) is 4.44. The standard InChI is InChI=1S/C8H10N4O2S/c9-3-4-12-15(13,14)8-2-1-7(5-10)11-6-8/h1-2,6,12H,3-4,9H2. The Kier molecular flexibility index (Phi) is 3.74. The fraction of sp³-hybridized carbons (Fsp3) is 0.250. The summed E-state index contributed by atoms with van der Waals surface area (Å²) in [6, 6.07) is 4.47. The molecule has 3 N–H and O–H groups in total. The van der Waals surface area contributed by atoms with Crippen LogP contribution in [-0.2, 0) is 10.0 Å². The summed E-state index contributed by atoms with van der Waals surface area (Å²) in [7, 11) is -3.55. The average Bonchev–Trinajstić information content (AvgIpc) is 2.26. The minimum atomic E-state index is -3.55. The topological polar surface area (TPSA) is 109 Å². The van der Waals surface area contributed by atoms with Crippen LogP contribution in [0.15, 0.2) is 23.2 Å². The first-order valence-corrected chi connectivity index (χ1v) is 5.64. The summed E-state index contributed by atoms with van der Waals surface area (Å²) in [4.78, 5) is 3.68. The zero-order valence-electron chi connectivity index (χ0n) is 7.84. The quantitative estimate of drug-likeness (QED) is 0.698. The number of nitrogens with two attached hydrogens (primary N) is 1. The molecule has 80 valence electrons. The highest BCUT2D eigenvalue weighted by Crippen LogP contribution is 2.06. The van der Waals surface area contributed by atoms with E-state index in [2.05, 4.69) is 9.71 Å². The molecule has 0 bridgehead atoms. The molecule has 0 unspecified atom stereocenters. The van der Waals surface area contributed by atoms with Crippen LogP contribution in [0.4, 0.5) is 0 Å². The summed E-state index contributed by atoms with van der Waals surface area (Å²) in [6.07, 6.45) is 1.14. The largest absolute Gasteiger partial charge is 0.329 e. The van der Waals surface area contributed by atoms with Gasteiger partial charge in [-0.2, -0.15) is 5.26 Å². The van der Waals surface area contributed by atoms with Gasteiger partial charge in [0.15, 0.2) is 0 Å². The van der Waals surface area contributed by atoms with Crippen LogP contribution in [0, 0.1) is 11.3 Å². The molecule has 15 heavy (non-hydrogen) atoms. The second-order valence-electron chi connectivity index (χ2n) is 2.68. The van der Waals surface area contributed by atoms with Crippen molar-refractivity contribution in [3.05, 3.63) is 24.0 Å².